The summed E-state index contributed by atoms with van der Waals surface area (Å²) in [4.78, 5) is 50.9. The number of carbonyl (C=O) groups is 5. The van der Waals surface area contributed by atoms with Crippen LogP contribution in [-0.2, 0) is 23.9 Å². The number of nitrogens with two attached hydrogens (primary N) is 3. The van der Waals surface area contributed by atoms with Crippen LogP contribution in [0.5, 0.6) is 0 Å². The van der Waals surface area contributed by atoms with E-state index in [2.05, 4.69) is 10.1 Å². The van der Waals surface area contributed by atoms with Crippen molar-refractivity contribution in [3.05, 3.63) is 29.8 Å². The van der Waals surface area contributed by atoms with Gasteiger partial charge in [0, 0.05) is 24.2 Å². The average Bonchev–Trinajstić information content (AvgIpc) is 3.21. The second kappa shape index (κ2) is 19.2. The summed E-state index contributed by atoms with van der Waals surface area (Å²) in [5, 5.41) is 10.8. The number of hydrogen-bond acceptors (Lipinski definition) is 9. The molecular formula is C24H38N4O7. The van der Waals surface area contributed by atoms with Gasteiger partial charge in [-0.3, -0.25) is 24.0 Å². The molecule has 1 aliphatic heterocycles. The highest BCUT2D eigenvalue weighted by Crippen LogP contribution is 2.14. The molecule has 2 aliphatic rings. The number of anilines is 1. The van der Waals surface area contributed by atoms with Gasteiger partial charge in [-0.25, -0.2) is 0 Å². The maximum atomic E-state index is 10.6. The van der Waals surface area contributed by atoms with Gasteiger partial charge in [-0.05, 0) is 56.5 Å². The largest absolute Gasteiger partial charge is 0.480 e. The minimum atomic E-state index is -0.955. The molecule has 0 aromatic heterocycles. The van der Waals surface area contributed by atoms with Crippen molar-refractivity contribution in [2.75, 3.05) is 11.9 Å². The lowest BCUT2D eigenvalue weighted by atomic mass is 9.97. The van der Waals surface area contributed by atoms with Crippen molar-refractivity contribution >= 4 is 35.8 Å². The van der Waals surface area contributed by atoms with Gasteiger partial charge >= 0.3 is 17.9 Å². The van der Waals surface area contributed by atoms with E-state index in [1.165, 1.54) is 39.0 Å². The fourth-order valence-electron chi connectivity index (χ4n) is 2.88. The zero-order valence-corrected chi connectivity index (χ0v) is 20.2. The maximum Gasteiger partial charge on any atom is 0.320 e. The number of carboxylic acid groups (broad SMARTS) is 1. The number of rotatable bonds is 6. The molecule has 1 atom stereocenters. The number of esters is 2. The molecule has 1 aromatic carbocycles. The molecule has 11 heteroatoms. The van der Waals surface area contributed by atoms with Crippen molar-refractivity contribution in [1.82, 2.24) is 0 Å². The van der Waals surface area contributed by atoms with Gasteiger partial charge in [0.25, 0.3) is 0 Å². The van der Waals surface area contributed by atoms with E-state index in [-0.39, 0.29) is 18.7 Å². The Hall–Kier alpha value is -3.15. The van der Waals surface area contributed by atoms with Crippen LogP contribution in [0.15, 0.2) is 24.3 Å². The summed E-state index contributed by atoms with van der Waals surface area (Å²) in [7, 11) is 0. The fraction of sp³-hybridized carbons (Fsp3) is 0.542. The van der Waals surface area contributed by atoms with Crippen LogP contribution in [-0.4, -0.2) is 53.8 Å². The Morgan fingerprint density at radius 2 is 1.66 bits per heavy atom. The van der Waals surface area contributed by atoms with Crippen LogP contribution in [0.3, 0.4) is 0 Å². The normalized spacial score (nSPS) is 15.5. The van der Waals surface area contributed by atoms with Crippen LogP contribution in [0.25, 0.3) is 0 Å². The van der Waals surface area contributed by atoms with Crippen molar-refractivity contribution in [2.45, 2.75) is 76.8 Å². The van der Waals surface area contributed by atoms with Gasteiger partial charge in [-0.1, -0.05) is 19.3 Å². The Morgan fingerprint density at radius 1 is 1.11 bits per heavy atom. The van der Waals surface area contributed by atoms with Crippen LogP contribution in [0.2, 0.25) is 0 Å². The first-order valence-electron chi connectivity index (χ1n) is 11.6. The summed E-state index contributed by atoms with van der Waals surface area (Å²) in [5.74, 6) is -1.87. The second-order valence-electron chi connectivity index (χ2n) is 8.04. The quantitative estimate of drug-likeness (QED) is 0.220. The molecule has 1 amide bonds. The highest BCUT2D eigenvalue weighted by molar-refractivity contribution is 5.92. The molecule has 0 spiro atoms. The number of amides is 1. The Bertz CT molecular complexity index is 780. The number of hydrogen-bond donors (Lipinski definition) is 5. The molecule has 1 saturated heterocycles. The molecule has 0 bridgehead atoms. The number of cyclic esters (lactones) is 2. The number of carbonyl (C=O) groups excluding carboxylic acids is 4. The third-order valence-electron chi connectivity index (χ3n) is 4.81. The Morgan fingerprint density at radius 3 is 1.97 bits per heavy atom. The Balaban J connectivity index is 0.000000452. The van der Waals surface area contributed by atoms with Gasteiger partial charge < -0.3 is 32.4 Å². The summed E-state index contributed by atoms with van der Waals surface area (Å²) >= 11 is 0. The number of aliphatic carboxylic acids is 1. The monoisotopic (exact) mass is 494 g/mol. The lowest BCUT2D eigenvalue weighted by molar-refractivity contribution is -0.152. The highest BCUT2D eigenvalue weighted by Gasteiger charge is 2.19. The van der Waals surface area contributed by atoms with Gasteiger partial charge in [0.1, 0.15) is 12.3 Å². The molecule has 1 heterocycles. The maximum absolute atomic E-state index is 10.6. The number of nitrogens with one attached hydrogen (secondary N) is 1. The molecule has 8 N–H and O–H groups in total. The lowest BCUT2D eigenvalue weighted by Gasteiger charge is -2.15. The minimum Gasteiger partial charge on any atom is -0.480 e. The molecule has 1 aromatic rings. The molecule has 1 aliphatic carbocycles. The van der Waals surface area contributed by atoms with Crippen LogP contribution in [0, 0.1) is 0 Å². The predicted molar refractivity (Wildman–Crippen MR) is 131 cm³/mol. The topological polar surface area (TPSA) is 205 Å². The van der Waals surface area contributed by atoms with Gasteiger partial charge in [0.2, 0.25) is 5.91 Å². The van der Waals surface area contributed by atoms with E-state index in [9.17, 15) is 24.0 Å². The van der Waals surface area contributed by atoms with Crippen LogP contribution < -0.4 is 22.5 Å². The molecule has 1 saturated carbocycles. The summed E-state index contributed by atoms with van der Waals surface area (Å²) in [5.41, 5.74) is 17.2. The van der Waals surface area contributed by atoms with E-state index in [1.54, 1.807) is 24.3 Å². The molecule has 3 rings (SSSR count). The molecule has 0 unspecified atom stereocenters. The van der Waals surface area contributed by atoms with Gasteiger partial charge in [0.15, 0.2) is 0 Å². The third-order valence-corrected chi connectivity index (χ3v) is 4.81. The van der Waals surface area contributed by atoms with E-state index in [1.807, 2.05) is 0 Å². The van der Waals surface area contributed by atoms with E-state index in [0.29, 0.717) is 36.7 Å². The van der Waals surface area contributed by atoms with Crippen molar-refractivity contribution in [3.8, 4) is 0 Å². The first-order valence-corrected chi connectivity index (χ1v) is 11.6. The fourth-order valence-corrected chi connectivity index (χ4v) is 2.88. The molecule has 196 valence electrons. The minimum absolute atomic E-state index is 0.117. The number of aldehydes is 1. The molecule has 0 radical (unpaired) electrons. The molecule has 2 fully saturated rings. The molecular weight excluding hydrogens is 456 g/mol. The van der Waals surface area contributed by atoms with E-state index in [0.717, 1.165) is 6.29 Å². The summed E-state index contributed by atoms with van der Waals surface area (Å²) in [6.07, 6.45) is 9.09. The third kappa shape index (κ3) is 17.9. The van der Waals surface area contributed by atoms with Crippen molar-refractivity contribution < 1.29 is 33.8 Å². The number of ether oxygens (including phenoxy) is 1. The predicted octanol–water partition coefficient (Wildman–Crippen LogP) is 1.72. The van der Waals surface area contributed by atoms with Crippen LogP contribution in [0.4, 0.5) is 5.69 Å². The van der Waals surface area contributed by atoms with Gasteiger partial charge in [-0.15, -0.1) is 0 Å². The number of benzene rings is 1. The zero-order valence-electron chi connectivity index (χ0n) is 20.2. The first-order chi connectivity index (χ1) is 16.6. The zero-order chi connectivity index (χ0) is 26.6. The summed E-state index contributed by atoms with van der Waals surface area (Å²) in [6, 6.07) is 6.47. The number of carboxylic acids is 1. The second-order valence-corrected chi connectivity index (χ2v) is 8.04. The van der Waals surface area contributed by atoms with Crippen molar-refractivity contribution in [3.63, 3.8) is 0 Å². The van der Waals surface area contributed by atoms with Crippen molar-refractivity contribution in [1.29, 1.82) is 0 Å². The SMILES string of the molecule is CC(=O)Nc1ccc(C=O)cc1.NC1CCCCC1.NCCC[C@H](N)C(=O)O.O=C1CCC(=O)O1. The van der Waals surface area contributed by atoms with E-state index >= 15 is 0 Å². The molecule has 11 nitrogen and oxygen atoms in total. The summed E-state index contributed by atoms with van der Waals surface area (Å²) in [6.45, 7) is 1.94. The van der Waals surface area contributed by atoms with E-state index in [4.69, 9.17) is 22.3 Å². The smallest absolute Gasteiger partial charge is 0.320 e. The molecule has 35 heavy (non-hydrogen) atoms. The van der Waals surface area contributed by atoms with Crippen molar-refractivity contribution in [2.24, 2.45) is 17.2 Å². The Kier molecular flexibility index (Phi) is 17.5. The summed E-state index contributed by atoms with van der Waals surface area (Å²) < 4.78 is 4.08. The van der Waals surface area contributed by atoms with Crippen LogP contribution >= 0.6 is 0 Å². The lowest BCUT2D eigenvalue weighted by Crippen LogP contribution is -2.30. The van der Waals surface area contributed by atoms with Gasteiger partial charge in [0.05, 0.1) is 12.8 Å². The standard InChI is InChI=1S/C9H9NO2.C6H13N.C5H12N2O2.C4H4O3/c1-7(12)10-9-4-2-8(6-11)3-5-9;7-6-4-2-1-3-5-6;6-3-1-2-4(7)5(8)9;5-3-1-2-4(6)7-3/h2-6H,1H3,(H,10,12);6H,1-5,7H2;4H,1-3,6-7H2,(H,8,9);1-2H2/t;;4-;/m..0./s1. The van der Waals surface area contributed by atoms with Gasteiger partial charge in [-0.2, -0.15) is 0 Å². The highest BCUT2D eigenvalue weighted by atomic mass is 16.6. The Labute approximate surface area is 205 Å². The first kappa shape index (κ1) is 31.8. The average molecular weight is 495 g/mol. The van der Waals surface area contributed by atoms with Crippen LogP contribution in [0.1, 0.15) is 75.1 Å². The van der Waals surface area contributed by atoms with E-state index < -0.39 is 23.9 Å².